The lowest BCUT2D eigenvalue weighted by molar-refractivity contribution is 0.0981. The Labute approximate surface area is 141 Å². The van der Waals surface area contributed by atoms with E-state index in [-0.39, 0.29) is 11.5 Å². The Morgan fingerprint density at radius 3 is 2.46 bits per heavy atom. The molecular weight excluding hydrogens is 334 g/mol. The number of anilines is 2. The van der Waals surface area contributed by atoms with Gasteiger partial charge in [-0.05, 0) is 37.3 Å². The van der Waals surface area contributed by atoms with E-state index in [0.29, 0.717) is 22.1 Å². The van der Waals surface area contributed by atoms with Crippen LogP contribution in [-0.4, -0.2) is 17.0 Å². The molecule has 0 aliphatic carbocycles. The van der Waals surface area contributed by atoms with E-state index in [1.165, 1.54) is 24.5 Å². The van der Waals surface area contributed by atoms with Gasteiger partial charge in [0.15, 0.2) is 5.76 Å². The lowest BCUT2D eigenvalue weighted by Gasteiger charge is -2.11. The van der Waals surface area contributed by atoms with Gasteiger partial charge in [-0.1, -0.05) is 16.8 Å². The van der Waals surface area contributed by atoms with E-state index >= 15 is 0 Å². The molecule has 3 aromatic rings. The molecule has 0 aliphatic heterocycles. The summed E-state index contributed by atoms with van der Waals surface area (Å²) in [6.07, 6.45) is 1.39. The molecule has 2 N–H and O–H groups in total. The summed E-state index contributed by atoms with van der Waals surface area (Å²) in [5.41, 5.74) is 1.27. The van der Waals surface area contributed by atoms with Crippen molar-refractivity contribution in [2.45, 2.75) is 6.92 Å². The maximum absolute atomic E-state index is 12.2. The van der Waals surface area contributed by atoms with Gasteiger partial charge in [0.2, 0.25) is 5.76 Å². The summed E-state index contributed by atoms with van der Waals surface area (Å²) < 4.78 is 9.95. The molecule has 0 fully saturated rings. The fourth-order valence-corrected chi connectivity index (χ4v) is 2.15. The predicted molar refractivity (Wildman–Crippen MR) is 87.3 cm³/mol. The molecule has 0 atom stereocenters. The average Bonchev–Trinajstić information content (AvgIpc) is 3.21. The minimum absolute atomic E-state index is 0.0609. The molecule has 2 heterocycles. The summed E-state index contributed by atoms with van der Waals surface area (Å²) in [6, 6.07) is 9.31. The van der Waals surface area contributed by atoms with Crippen LogP contribution in [0.2, 0.25) is 5.02 Å². The van der Waals surface area contributed by atoms with E-state index in [2.05, 4.69) is 15.8 Å². The van der Waals surface area contributed by atoms with Crippen molar-refractivity contribution < 1.29 is 18.5 Å². The highest BCUT2D eigenvalue weighted by atomic mass is 35.5. The molecule has 0 spiro atoms. The smallest absolute Gasteiger partial charge is 0.294 e. The molecule has 122 valence electrons. The zero-order valence-corrected chi connectivity index (χ0v) is 13.3. The van der Waals surface area contributed by atoms with Crippen LogP contribution in [0.3, 0.4) is 0 Å². The summed E-state index contributed by atoms with van der Waals surface area (Å²) in [7, 11) is 0. The first kappa shape index (κ1) is 15.8. The van der Waals surface area contributed by atoms with Crippen LogP contribution < -0.4 is 10.6 Å². The Balaban J connectivity index is 1.83. The largest absolute Gasteiger partial charge is 0.459 e. The average molecular weight is 346 g/mol. The third-order valence-electron chi connectivity index (χ3n) is 3.07. The SMILES string of the molecule is Cc1cc(C(=O)Nc2ccc(Cl)cc2NC(=O)c2ccco2)on1. The van der Waals surface area contributed by atoms with Crippen LogP contribution in [0.5, 0.6) is 0 Å². The van der Waals surface area contributed by atoms with Crippen LogP contribution >= 0.6 is 11.6 Å². The molecular formula is C16H12ClN3O4. The normalized spacial score (nSPS) is 10.4. The third kappa shape index (κ3) is 3.47. The second-order valence-corrected chi connectivity index (χ2v) is 5.34. The summed E-state index contributed by atoms with van der Waals surface area (Å²) >= 11 is 5.97. The molecule has 0 aliphatic rings. The van der Waals surface area contributed by atoms with Crippen LogP contribution in [-0.2, 0) is 0 Å². The van der Waals surface area contributed by atoms with Gasteiger partial charge in [-0.15, -0.1) is 0 Å². The van der Waals surface area contributed by atoms with Crippen molar-refractivity contribution in [2.75, 3.05) is 10.6 Å². The number of halogens is 1. The van der Waals surface area contributed by atoms with Gasteiger partial charge in [-0.2, -0.15) is 0 Å². The molecule has 8 heteroatoms. The first-order valence-corrected chi connectivity index (χ1v) is 7.30. The van der Waals surface area contributed by atoms with Gasteiger partial charge in [-0.3, -0.25) is 9.59 Å². The van der Waals surface area contributed by atoms with Crippen molar-refractivity contribution in [1.29, 1.82) is 0 Å². The summed E-state index contributed by atoms with van der Waals surface area (Å²) in [5, 5.41) is 9.34. The van der Waals surface area contributed by atoms with Crippen molar-refractivity contribution in [3.63, 3.8) is 0 Å². The molecule has 7 nitrogen and oxygen atoms in total. The number of rotatable bonds is 4. The lowest BCUT2D eigenvalue weighted by atomic mass is 10.2. The van der Waals surface area contributed by atoms with Crippen molar-refractivity contribution in [2.24, 2.45) is 0 Å². The Kier molecular flexibility index (Phi) is 4.35. The monoisotopic (exact) mass is 345 g/mol. The maximum atomic E-state index is 12.2. The Hall–Kier alpha value is -3.06. The Morgan fingerprint density at radius 1 is 1.04 bits per heavy atom. The topological polar surface area (TPSA) is 97.4 Å². The number of furan rings is 1. The molecule has 24 heavy (non-hydrogen) atoms. The zero-order chi connectivity index (χ0) is 17.1. The van der Waals surface area contributed by atoms with Gasteiger partial charge in [0.05, 0.1) is 23.3 Å². The maximum Gasteiger partial charge on any atom is 0.294 e. The number of hydrogen-bond acceptors (Lipinski definition) is 5. The lowest BCUT2D eigenvalue weighted by Crippen LogP contribution is -2.16. The van der Waals surface area contributed by atoms with Gasteiger partial charge >= 0.3 is 0 Å². The fourth-order valence-electron chi connectivity index (χ4n) is 1.98. The molecule has 0 unspecified atom stereocenters. The minimum Gasteiger partial charge on any atom is -0.459 e. The van der Waals surface area contributed by atoms with E-state index < -0.39 is 11.8 Å². The first-order valence-electron chi connectivity index (χ1n) is 6.92. The first-order chi connectivity index (χ1) is 11.5. The molecule has 2 amide bonds. The van der Waals surface area contributed by atoms with Gasteiger partial charge < -0.3 is 19.6 Å². The van der Waals surface area contributed by atoms with E-state index in [4.69, 9.17) is 20.5 Å². The molecule has 0 saturated carbocycles. The number of nitrogens with one attached hydrogen (secondary N) is 2. The van der Waals surface area contributed by atoms with E-state index in [0.717, 1.165) is 0 Å². The van der Waals surface area contributed by atoms with Crippen LogP contribution in [0.15, 0.2) is 51.6 Å². The van der Waals surface area contributed by atoms with Crippen molar-refractivity contribution in [3.8, 4) is 0 Å². The van der Waals surface area contributed by atoms with Crippen LogP contribution in [0.4, 0.5) is 11.4 Å². The molecule has 3 rings (SSSR count). The van der Waals surface area contributed by atoms with Gasteiger partial charge in [-0.25, -0.2) is 0 Å². The Bertz CT molecular complexity index is 887. The van der Waals surface area contributed by atoms with E-state index in [1.807, 2.05) is 0 Å². The quantitative estimate of drug-likeness (QED) is 0.750. The van der Waals surface area contributed by atoms with Crippen LogP contribution in [0.1, 0.15) is 26.8 Å². The van der Waals surface area contributed by atoms with Gasteiger partial charge in [0.1, 0.15) is 0 Å². The molecule has 0 bridgehead atoms. The number of hydrogen-bond donors (Lipinski definition) is 2. The minimum atomic E-state index is -0.494. The highest BCUT2D eigenvalue weighted by Gasteiger charge is 2.16. The predicted octanol–water partition coefficient (Wildman–Crippen LogP) is 3.73. The highest BCUT2D eigenvalue weighted by Crippen LogP contribution is 2.27. The molecule has 0 radical (unpaired) electrons. The second-order valence-electron chi connectivity index (χ2n) is 4.91. The number of nitrogens with zero attached hydrogens (tertiary/aromatic N) is 1. The van der Waals surface area contributed by atoms with E-state index in [1.54, 1.807) is 25.1 Å². The number of aryl methyl sites for hydroxylation is 1. The zero-order valence-electron chi connectivity index (χ0n) is 12.5. The van der Waals surface area contributed by atoms with Gasteiger partial charge in [0, 0.05) is 11.1 Å². The summed E-state index contributed by atoms with van der Waals surface area (Å²) in [6.45, 7) is 1.71. The second kappa shape index (κ2) is 6.59. The number of carbonyl (C=O) groups excluding carboxylic acids is 2. The van der Waals surface area contributed by atoms with E-state index in [9.17, 15) is 9.59 Å². The van der Waals surface area contributed by atoms with Crippen LogP contribution in [0.25, 0.3) is 0 Å². The van der Waals surface area contributed by atoms with Gasteiger partial charge in [0.25, 0.3) is 11.8 Å². The van der Waals surface area contributed by atoms with Crippen molar-refractivity contribution in [1.82, 2.24) is 5.16 Å². The molecule has 2 aromatic heterocycles. The third-order valence-corrected chi connectivity index (χ3v) is 3.31. The number of aromatic nitrogens is 1. The molecule has 1 aromatic carbocycles. The summed E-state index contributed by atoms with van der Waals surface area (Å²) in [5.74, 6) is -0.761. The Morgan fingerprint density at radius 2 is 1.79 bits per heavy atom. The highest BCUT2D eigenvalue weighted by molar-refractivity contribution is 6.31. The fraction of sp³-hybridized carbons (Fsp3) is 0.0625. The number of benzene rings is 1. The number of carbonyl (C=O) groups is 2. The van der Waals surface area contributed by atoms with Crippen LogP contribution in [0, 0.1) is 6.92 Å². The number of amides is 2. The standard InChI is InChI=1S/C16H12ClN3O4/c1-9-7-14(24-20-9)16(22)18-11-5-4-10(17)8-12(11)19-15(21)13-3-2-6-23-13/h2-8H,1H3,(H,18,22)(H,19,21). The van der Waals surface area contributed by atoms with Crippen molar-refractivity contribution >= 4 is 34.8 Å². The molecule has 0 saturated heterocycles. The summed E-state index contributed by atoms with van der Waals surface area (Å²) in [4.78, 5) is 24.3. The van der Waals surface area contributed by atoms with Crippen molar-refractivity contribution in [3.05, 3.63) is 64.9 Å².